The quantitative estimate of drug-likeness (QED) is 0.884. The topological polar surface area (TPSA) is 29.3 Å². The molecule has 0 radical (unpaired) electrons. The summed E-state index contributed by atoms with van der Waals surface area (Å²) in [6.07, 6.45) is 5.25. The molecule has 0 aliphatic carbocycles. The Morgan fingerprint density at radius 2 is 2.00 bits per heavy atom. The maximum absolute atomic E-state index is 13.2. The Morgan fingerprint density at radius 3 is 2.63 bits per heavy atom. The van der Waals surface area contributed by atoms with Crippen molar-refractivity contribution in [3.8, 4) is 0 Å². The van der Waals surface area contributed by atoms with Crippen LogP contribution in [0.4, 0.5) is 4.39 Å². The Bertz CT molecular complexity index is 398. The first kappa shape index (κ1) is 14.5. The predicted octanol–water partition coefficient (Wildman–Crippen LogP) is 3.30. The molecule has 1 aliphatic heterocycles. The summed E-state index contributed by atoms with van der Waals surface area (Å²) < 4.78 is 13.2. The van der Waals surface area contributed by atoms with Gasteiger partial charge in [-0.15, -0.1) is 0 Å². The molecule has 0 spiro atoms. The summed E-state index contributed by atoms with van der Waals surface area (Å²) in [6, 6.07) is 4.99. The zero-order valence-corrected chi connectivity index (χ0v) is 11.9. The van der Waals surface area contributed by atoms with Crippen LogP contribution in [0, 0.1) is 11.7 Å². The van der Waals surface area contributed by atoms with Gasteiger partial charge in [0.25, 0.3) is 0 Å². The van der Waals surface area contributed by atoms with Crippen LogP contribution in [0.3, 0.4) is 0 Å². The molecule has 2 nitrogen and oxygen atoms in total. The fraction of sp³-hybridized carbons (Fsp3) is 0.625. The zero-order chi connectivity index (χ0) is 13.7. The summed E-state index contributed by atoms with van der Waals surface area (Å²) in [7, 11) is 0. The highest BCUT2D eigenvalue weighted by molar-refractivity contribution is 5.27. The van der Waals surface area contributed by atoms with E-state index >= 15 is 0 Å². The molecule has 3 heteroatoms. The molecule has 1 fully saturated rings. The van der Waals surface area contributed by atoms with Crippen molar-refractivity contribution in [1.82, 2.24) is 4.90 Å². The number of nitrogens with two attached hydrogens (primary N) is 1. The lowest BCUT2D eigenvalue weighted by Gasteiger charge is -2.32. The highest BCUT2D eigenvalue weighted by Gasteiger charge is 2.19. The van der Waals surface area contributed by atoms with Gasteiger partial charge in [-0.25, -0.2) is 4.39 Å². The summed E-state index contributed by atoms with van der Waals surface area (Å²) in [6.45, 7) is 5.90. The van der Waals surface area contributed by atoms with E-state index in [0.717, 1.165) is 31.1 Å². The molecule has 2 rings (SSSR count). The van der Waals surface area contributed by atoms with Gasteiger partial charge in [0, 0.05) is 13.1 Å². The Labute approximate surface area is 115 Å². The molecular formula is C16H25FN2. The minimum absolute atomic E-state index is 0.189. The van der Waals surface area contributed by atoms with Crippen LogP contribution in [-0.2, 0) is 13.1 Å². The molecule has 1 aromatic carbocycles. The lowest BCUT2D eigenvalue weighted by molar-refractivity contribution is 0.171. The van der Waals surface area contributed by atoms with Gasteiger partial charge in [0.2, 0.25) is 0 Å². The van der Waals surface area contributed by atoms with Gasteiger partial charge in [-0.05, 0) is 55.1 Å². The summed E-state index contributed by atoms with van der Waals surface area (Å²) in [5.41, 5.74) is 7.82. The monoisotopic (exact) mass is 264 g/mol. The van der Waals surface area contributed by atoms with Gasteiger partial charge in [-0.2, -0.15) is 0 Å². The van der Waals surface area contributed by atoms with E-state index in [1.165, 1.54) is 31.2 Å². The van der Waals surface area contributed by atoms with Gasteiger partial charge in [0.1, 0.15) is 5.82 Å². The number of hydrogen-bond donors (Lipinski definition) is 1. The van der Waals surface area contributed by atoms with Crippen molar-refractivity contribution in [2.24, 2.45) is 11.7 Å². The third-order valence-electron chi connectivity index (χ3n) is 4.19. The van der Waals surface area contributed by atoms with Gasteiger partial charge in [-0.3, -0.25) is 4.90 Å². The van der Waals surface area contributed by atoms with Crippen molar-refractivity contribution in [2.45, 2.75) is 45.7 Å². The van der Waals surface area contributed by atoms with Crippen molar-refractivity contribution in [3.63, 3.8) is 0 Å². The molecule has 1 heterocycles. The van der Waals surface area contributed by atoms with Crippen molar-refractivity contribution >= 4 is 0 Å². The first-order chi connectivity index (χ1) is 9.22. The lowest BCUT2D eigenvalue weighted by Crippen LogP contribution is -2.33. The number of piperidine rings is 1. The molecule has 1 saturated heterocycles. The number of rotatable bonds is 5. The first-order valence-electron chi connectivity index (χ1n) is 7.42. The predicted molar refractivity (Wildman–Crippen MR) is 77.2 cm³/mol. The van der Waals surface area contributed by atoms with Crippen LogP contribution in [0.25, 0.3) is 0 Å². The molecule has 0 amide bonds. The maximum Gasteiger partial charge on any atom is 0.123 e. The largest absolute Gasteiger partial charge is 0.326 e. The molecule has 0 bridgehead atoms. The van der Waals surface area contributed by atoms with Crippen LogP contribution in [0.15, 0.2) is 18.2 Å². The summed E-state index contributed by atoms with van der Waals surface area (Å²) in [5, 5.41) is 0. The van der Waals surface area contributed by atoms with Gasteiger partial charge < -0.3 is 5.73 Å². The first-order valence-corrected chi connectivity index (χ1v) is 7.42. The number of nitrogens with zero attached hydrogens (tertiary/aromatic N) is 1. The third-order valence-corrected chi connectivity index (χ3v) is 4.19. The molecule has 1 aromatic rings. The van der Waals surface area contributed by atoms with E-state index in [9.17, 15) is 4.39 Å². The van der Waals surface area contributed by atoms with E-state index in [2.05, 4.69) is 11.8 Å². The van der Waals surface area contributed by atoms with Crippen molar-refractivity contribution < 1.29 is 4.39 Å². The van der Waals surface area contributed by atoms with Crippen molar-refractivity contribution in [2.75, 3.05) is 13.1 Å². The second-order valence-electron chi connectivity index (χ2n) is 5.63. The Kier molecular flexibility index (Phi) is 5.34. The Balaban J connectivity index is 1.92. The standard InChI is InChI=1S/C16H25FN2/c1-2-3-13-6-8-19(9-7-13)12-14-4-5-16(17)10-15(14)11-18/h4-5,10,13H,2-3,6-9,11-12,18H2,1H3. The SMILES string of the molecule is CCCC1CCN(Cc2ccc(F)cc2CN)CC1. The molecule has 0 atom stereocenters. The van der Waals surface area contributed by atoms with Crippen LogP contribution >= 0.6 is 0 Å². The van der Waals surface area contributed by atoms with E-state index < -0.39 is 0 Å². The molecule has 19 heavy (non-hydrogen) atoms. The summed E-state index contributed by atoms with van der Waals surface area (Å²) >= 11 is 0. The summed E-state index contributed by atoms with van der Waals surface area (Å²) in [5.74, 6) is 0.717. The number of hydrogen-bond acceptors (Lipinski definition) is 2. The van der Waals surface area contributed by atoms with Crippen molar-refractivity contribution in [3.05, 3.63) is 35.1 Å². The van der Waals surface area contributed by atoms with E-state index in [1.54, 1.807) is 12.1 Å². The van der Waals surface area contributed by atoms with Crippen molar-refractivity contribution in [1.29, 1.82) is 0 Å². The van der Waals surface area contributed by atoms with E-state index in [-0.39, 0.29) is 5.82 Å². The van der Waals surface area contributed by atoms with E-state index in [4.69, 9.17) is 5.73 Å². The van der Waals surface area contributed by atoms with Gasteiger partial charge >= 0.3 is 0 Å². The second-order valence-corrected chi connectivity index (χ2v) is 5.63. The molecule has 1 aliphatic rings. The van der Waals surface area contributed by atoms with Gasteiger partial charge in [-0.1, -0.05) is 25.8 Å². The number of benzene rings is 1. The molecule has 0 aromatic heterocycles. The van der Waals surface area contributed by atoms with Gasteiger partial charge in [0.05, 0.1) is 0 Å². The second kappa shape index (κ2) is 7.01. The van der Waals surface area contributed by atoms with E-state index in [0.29, 0.717) is 6.54 Å². The van der Waals surface area contributed by atoms with Crippen LogP contribution in [-0.4, -0.2) is 18.0 Å². The molecule has 0 saturated carbocycles. The Morgan fingerprint density at radius 1 is 1.26 bits per heavy atom. The fourth-order valence-corrected chi connectivity index (χ4v) is 3.02. The third kappa shape index (κ3) is 4.02. The minimum atomic E-state index is -0.189. The van der Waals surface area contributed by atoms with Gasteiger partial charge in [0.15, 0.2) is 0 Å². The van der Waals surface area contributed by atoms with Crippen LogP contribution in [0.2, 0.25) is 0 Å². The molecule has 106 valence electrons. The lowest BCUT2D eigenvalue weighted by atomic mass is 9.92. The Hall–Kier alpha value is -0.930. The zero-order valence-electron chi connectivity index (χ0n) is 11.9. The van der Waals surface area contributed by atoms with Crippen LogP contribution < -0.4 is 5.73 Å². The molecular weight excluding hydrogens is 239 g/mol. The fourth-order valence-electron chi connectivity index (χ4n) is 3.02. The van der Waals surface area contributed by atoms with Crippen LogP contribution in [0.1, 0.15) is 43.7 Å². The smallest absolute Gasteiger partial charge is 0.123 e. The maximum atomic E-state index is 13.2. The highest BCUT2D eigenvalue weighted by Crippen LogP contribution is 2.23. The van der Waals surface area contributed by atoms with Crippen LogP contribution in [0.5, 0.6) is 0 Å². The number of likely N-dealkylation sites (tertiary alicyclic amines) is 1. The number of halogens is 1. The normalized spacial score (nSPS) is 17.8. The average Bonchev–Trinajstić information content (AvgIpc) is 2.43. The minimum Gasteiger partial charge on any atom is -0.326 e. The highest BCUT2D eigenvalue weighted by atomic mass is 19.1. The molecule has 0 unspecified atom stereocenters. The molecule has 2 N–H and O–H groups in total. The summed E-state index contributed by atoms with van der Waals surface area (Å²) in [4.78, 5) is 2.47. The van der Waals surface area contributed by atoms with E-state index in [1.807, 2.05) is 6.07 Å². The average molecular weight is 264 g/mol.